The number of carbonyl (C=O) groups is 2. The molecule has 1 aliphatic rings. The zero-order valence-electron chi connectivity index (χ0n) is 18.8. The molecule has 2 aromatic carbocycles. The Hall–Kier alpha value is -3.18. The second kappa shape index (κ2) is 11.0. The van der Waals surface area contributed by atoms with Gasteiger partial charge in [0, 0.05) is 36.6 Å². The van der Waals surface area contributed by atoms with Gasteiger partial charge in [-0.25, -0.2) is 13.1 Å². The largest absolute Gasteiger partial charge is 0.416 e. The number of hydrogen-bond acceptors (Lipinski definition) is 4. The number of sulfonamides is 1. The average molecular weight is 510 g/mol. The van der Waals surface area contributed by atoms with Gasteiger partial charge in [-0.05, 0) is 48.2 Å². The lowest BCUT2D eigenvalue weighted by molar-refractivity contribution is -0.137. The predicted octanol–water partition coefficient (Wildman–Crippen LogP) is 3.23. The van der Waals surface area contributed by atoms with Gasteiger partial charge in [-0.15, -0.1) is 0 Å². The third-order valence-corrected chi connectivity index (χ3v) is 6.69. The molecule has 11 heteroatoms. The van der Waals surface area contributed by atoms with Gasteiger partial charge in [0.1, 0.15) is 0 Å². The molecule has 2 aromatic rings. The molecule has 0 radical (unpaired) electrons. The average Bonchev–Trinajstić information content (AvgIpc) is 3.30. The van der Waals surface area contributed by atoms with E-state index in [0.29, 0.717) is 29.7 Å². The molecular weight excluding hydrogens is 483 g/mol. The molecule has 1 fully saturated rings. The number of nitrogens with zero attached hydrogens (tertiary/aromatic N) is 1. The zero-order chi connectivity index (χ0) is 25.6. The molecule has 2 N–H and O–H groups in total. The highest BCUT2D eigenvalue weighted by atomic mass is 32.2. The Kier molecular flexibility index (Phi) is 8.34. The van der Waals surface area contributed by atoms with E-state index in [1.54, 1.807) is 29.2 Å². The molecule has 1 heterocycles. The minimum Gasteiger partial charge on any atom is -0.352 e. The van der Waals surface area contributed by atoms with Crippen molar-refractivity contribution in [3.63, 3.8) is 0 Å². The number of carbonyl (C=O) groups excluding carboxylic acids is 2. The highest BCUT2D eigenvalue weighted by Gasteiger charge is 2.31. The lowest BCUT2D eigenvalue weighted by Crippen LogP contribution is -2.42. The first kappa shape index (κ1) is 26.4. The van der Waals surface area contributed by atoms with E-state index in [0.717, 1.165) is 24.0 Å². The van der Waals surface area contributed by atoms with Crippen LogP contribution in [0.3, 0.4) is 0 Å². The van der Waals surface area contributed by atoms with Crippen LogP contribution in [0.1, 0.15) is 39.9 Å². The summed E-state index contributed by atoms with van der Waals surface area (Å²) in [4.78, 5) is 27.0. The first-order valence-corrected chi connectivity index (χ1v) is 12.5. The fraction of sp³-hybridized carbons (Fsp3) is 0.333. The molecule has 0 bridgehead atoms. The Morgan fingerprint density at radius 1 is 1.11 bits per heavy atom. The van der Waals surface area contributed by atoms with E-state index in [4.69, 9.17) is 0 Å². The van der Waals surface area contributed by atoms with Gasteiger partial charge in [0.2, 0.25) is 15.9 Å². The minimum atomic E-state index is -4.42. The minimum absolute atomic E-state index is 0.00961. The number of alkyl halides is 3. The molecule has 1 aliphatic heterocycles. The maximum atomic E-state index is 13.0. The van der Waals surface area contributed by atoms with Crippen LogP contribution in [-0.2, 0) is 34.0 Å². The fourth-order valence-corrected chi connectivity index (χ4v) is 4.37. The van der Waals surface area contributed by atoms with Gasteiger partial charge in [0.25, 0.3) is 5.91 Å². The highest BCUT2D eigenvalue weighted by Crippen LogP contribution is 2.29. The van der Waals surface area contributed by atoms with E-state index in [1.165, 1.54) is 12.1 Å². The van der Waals surface area contributed by atoms with E-state index in [2.05, 4.69) is 16.6 Å². The van der Waals surface area contributed by atoms with Crippen LogP contribution >= 0.6 is 0 Å². The molecule has 0 aromatic heterocycles. The van der Waals surface area contributed by atoms with Crippen molar-refractivity contribution in [2.45, 2.75) is 38.0 Å². The molecule has 188 valence electrons. The van der Waals surface area contributed by atoms with E-state index in [-0.39, 0.29) is 37.4 Å². The van der Waals surface area contributed by atoms with E-state index < -0.39 is 21.8 Å². The van der Waals surface area contributed by atoms with Crippen molar-refractivity contribution in [1.82, 2.24) is 14.9 Å². The first-order chi connectivity index (χ1) is 16.5. The third kappa shape index (κ3) is 7.40. The van der Waals surface area contributed by atoms with E-state index in [1.807, 2.05) is 0 Å². The number of benzene rings is 2. The van der Waals surface area contributed by atoms with Crippen molar-refractivity contribution >= 4 is 21.8 Å². The van der Waals surface area contributed by atoms with Crippen LogP contribution in [0, 0.1) is 0 Å². The van der Waals surface area contributed by atoms with Crippen molar-refractivity contribution < 1.29 is 31.2 Å². The smallest absolute Gasteiger partial charge is 0.352 e. The van der Waals surface area contributed by atoms with Crippen molar-refractivity contribution in [2.24, 2.45) is 0 Å². The van der Waals surface area contributed by atoms with Crippen LogP contribution in [0.2, 0.25) is 0 Å². The van der Waals surface area contributed by atoms with Crippen LogP contribution in [0.5, 0.6) is 0 Å². The molecule has 35 heavy (non-hydrogen) atoms. The van der Waals surface area contributed by atoms with Crippen molar-refractivity contribution in [3.8, 4) is 0 Å². The number of rotatable bonds is 9. The molecule has 0 saturated carbocycles. The maximum absolute atomic E-state index is 13.0. The normalized spacial score (nSPS) is 16.2. The predicted molar refractivity (Wildman–Crippen MR) is 125 cm³/mol. The molecule has 2 amide bonds. The molecule has 0 spiro atoms. The lowest BCUT2D eigenvalue weighted by atomic mass is 10.1. The Bertz CT molecular complexity index is 1180. The van der Waals surface area contributed by atoms with E-state index >= 15 is 0 Å². The van der Waals surface area contributed by atoms with Crippen LogP contribution in [0.15, 0.2) is 60.5 Å². The molecule has 1 saturated heterocycles. The fourth-order valence-electron chi connectivity index (χ4n) is 3.83. The number of hydrogen-bond donors (Lipinski definition) is 2. The van der Waals surface area contributed by atoms with Gasteiger partial charge in [-0.2, -0.15) is 13.2 Å². The molecular formula is C24H26F3N3O4S. The van der Waals surface area contributed by atoms with Gasteiger partial charge in [-0.1, -0.05) is 30.8 Å². The Balaban J connectivity index is 1.57. The third-order valence-electron chi connectivity index (χ3n) is 5.69. The summed E-state index contributed by atoms with van der Waals surface area (Å²) in [5.41, 5.74) is 0.759. The van der Waals surface area contributed by atoms with Gasteiger partial charge in [0.15, 0.2) is 0 Å². The van der Waals surface area contributed by atoms with Gasteiger partial charge in [0.05, 0.1) is 12.0 Å². The monoisotopic (exact) mass is 509 g/mol. The zero-order valence-corrected chi connectivity index (χ0v) is 19.7. The summed E-state index contributed by atoms with van der Waals surface area (Å²) < 4.78 is 63.7. The summed E-state index contributed by atoms with van der Waals surface area (Å²) in [7, 11) is -3.59. The van der Waals surface area contributed by atoms with Crippen LogP contribution < -0.4 is 10.0 Å². The Labute approximate surface area is 202 Å². The summed E-state index contributed by atoms with van der Waals surface area (Å²) in [6.07, 6.45) is -3.01. The number of halogens is 3. The van der Waals surface area contributed by atoms with Gasteiger partial charge >= 0.3 is 6.18 Å². The summed E-state index contributed by atoms with van der Waals surface area (Å²) in [5, 5.41) is 3.48. The van der Waals surface area contributed by atoms with Crippen molar-refractivity contribution in [3.05, 3.63) is 82.8 Å². The molecule has 0 unspecified atom stereocenters. The Morgan fingerprint density at radius 3 is 2.49 bits per heavy atom. The van der Waals surface area contributed by atoms with Crippen molar-refractivity contribution in [1.29, 1.82) is 0 Å². The topological polar surface area (TPSA) is 95.6 Å². The summed E-state index contributed by atoms with van der Waals surface area (Å²) >= 11 is 0. The molecule has 3 rings (SSSR count). The Morgan fingerprint density at radius 2 is 1.83 bits per heavy atom. The second-order valence-corrected chi connectivity index (χ2v) is 9.92. The van der Waals surface area contributed by atoms with Crippen molar-refractivity contribution in [2.75, 3.05) is 13.1 Å². The number of nitrogens with one attached hydrogen (secondary N) is 2. The summed E-state index contributed by atoms with van der Waals surface area (Å²) in [5.74, 6) is -0.593. The summed E-state index contributed by atoms with van der Waals surface area (Å²) in [6, 6.07) is 10.9. The first-order valence-electron chi connectivity index (χ1n) is 10.9. The second-order valence-electron chi connectivity index (χ2n) is 8.20. The number of likely N-dealkylation sites (tertiary alicyclic amines) is 1. The quantitative estimate of drug-likeness (QED) is 0.543. The highest BCUT2D eigenvalue weighted by molar-refractivity contribution is 7.92. The number of amides is 2. The lowest BCUT2D eigenvalue weighted by Gasteiger charge is -2.25. The van der Waals surface area contributed by atoms with Crippen LogP contribution in [0.4, 0.5) is 13.2 Å². The standard InChI is InChI=1S/C24H26F3N3O4S/c1-2-35(33,34)29-16-21-7-4-12-30(21)23(32)19-6-3-5-18(13-19)14-22(31)28-15-17-8-10-20(11-9-17)24(25,26)27/h2-3,5-6,8-11,13,21,29H,1,4,7,12,14-16H2,(H,28,31)/t21-/m1/s1. The van der Waals surface area contributed by atoms with E-state index in [9.17, 15) is 31.2 Å². The SMILES string of the molecule is C=CS(=O)(=O)NC[C@H]1CCCN1C(=O)c1cccc(CC(=O)NCc2ccc(C(F)(F)F)cc2)c1. The molecule has 0 aliphatic carbocycles. The van der Waals surface area contributed by atoms with Crippen LogP contribution in [0.25, 0.3) is 0 Å². The van der Waals surface area contributed by atoms with Crippen LogP contribution in [-0.4, -0.2) is 44.3 Å². The molecule has 7 nitrogen and oxygen atoms in total. The van der Waals surface area contributed by atoms with Gasteiger partial charge < -0.3 is 10.2 Å². The maximum Gasteiger partial charge on any atom is 0.416 e. The molecule has 1 atom stereocenters. The van der Waals surface area contributed by atoms with Gasteiger partial charge in [-0.3, -0.25) is 9.59 Å². The summed E-state index contributed by atoms with van der Waals surface area (Å²) in [6.45, 7) is 3.91.